The lowest BCUT2D eigenvalue weighted by molar-refractivity contribution is -0.0499. The quantitative estimate of drug-likeness (QED) is 0.582. The molecule has 0 atom stereocenters. The van der Waals surface area contributed by atoms with E-state index >= 15 is 0 Å². The van der Waals surface area contributed by atoms with E-state index in [0.717, 1.165) is 6.07 Å². The smallest absolute Gasteiger partial charge is 0.378 e. The van der Waals surface area contributed by atoms with Crippen LogP contribution in [-0.2, 0) is 14.9 Å². The van der Waals surface area contributed by atoms with Gasteiger partial charge < -0.3 is 13.8 Å². The minimum Gasteiger partial charge on any atom is -0.378 e. The third kappa shape index (κ3) is 3.72. The van der Waals surface area contributed by atoms with Gasteiger partial charge >= 0.3 is 15.6 Å². The van der Waals surface area contributed by atoms with E-state index in [1.54, 1.807) is 24.0 Å². The number of halogens is 3. The number of hydrogen-bond donors (Lipinski definition) is 0. The fourth-order valence-electron chi connectivity index (χ4n) is 2.92. The van der Waals surface area contributed by atoms with E-state index in [4.69, 9.17) is 4.74 Å². The van der Waals surface area contributed by atoms with Crippen molar-refractivity contribution in [2.75, 3.05) is 26.3 Å². The normalized spacial score (nSPS) is 15.8. The van der Waals surface area contributed by atoms with Crippen LogP contribution in [0.25, 0.3) is 10.8 Å². The zero-order valence-corrected chi connectivity index (χ0v) is 15.1. The van der Waals surface area contributed by atoms with Gasteiger partial charge in [0.25, 0.3) is 5.91 Å². The van der Waals surface area contributed by atoms with Gasteiger partial charge in [0.15, 0.2) is 5.75 Å². The second kappa shape index (κ2) is 7.01. The summed E-state index contributed by atoms with van der Waals surface area (Å²) in [6, 6.07) is 7.00. The van der Waals surface area contributed by atoms with Crippen molar-refractivity contribution < 1.29 is 35.3 Å². The number of nitrogens with zero attached hydrogens (tertiary/aromatic N) is 1. The van der Waals surface area contributed by atoms with Crippen LogP contribution < -0.4 is 4.18 Å². The minimum atomic E-state index is -5.82. The molecule has 0 bridgehead atoms. The van der Waals surface area contributed by atoms with Crippen LogP contribution in [0.15, 0.2) is 30.3 Å². The molecular weight excluding hydrogens is 387 g/mol. The molecule has 3 rings (SSSR count). The largest absolute Gasteiger partial charge is 0.534 e. The zero-order chi connectivity index (χ0) is 19.8. The number of alkyl halides is 3. The number of morpholine rings is 1. The summed E-state index contributed by atoms with van der Waals surface area (Å²) >= 11 is 0. The van der Waals surface area contributed by atoms with E-state index in [1.165, 1.54) is 12.1 Å². The fourth-order valence-corrected chi connectivity index (χ4v) is 3.39. The summed E-state index contributed by atoms with van der Waals surface area (Å²) < 4.78 is 70.3. The first-order valence-electron chi connectivity index (χ1n) is 8.02. The Bertz CT molecular complexity index is 982. The van der Waals surface area contributed by atoms with Crippen LogP contribution >= 0.6 is 0 Å². The van der Waals surface area contributed by atoms with Crippen molar-refractivity contribution in [1.82, 2.24) is 4.90 Å². The van der Waals surface area contributed by atoms with Gasteiger partial charge in [0, 0.05) is 29.4 Å². The molecule has 27 heavy (non-hydrogen) atoms. The molecule has 2 aromatic carbocycles. The molecule has 0 N–H and O–H groups in total. The van der Waals surface area contributed by atoms with Crippen LogP contribution in [-0.4, -0.2) is 51.0 Å². The van der Waals surface area contributed by atoms with Crippen molar-refractivity contribution >= 4 is 26.8 Å². The molecule has 1 fully saturated rings. The predicted molar refractivity (Wildman–Crippen MR) is 91.0 cm³/mol. The molecule has 1 saturated heterocycles. The number of rotatable bonds is 3. The number of carbonyl (C=O) groups is 1. The average Bonchev–Trinajstić information content (AvgIpc) is 2.61. The van der Waals surface area contributed by atoms with Crippen LogP contribution in [0, 0.1) is 6.92 Å². The van der Waals surface area contributed by atoms with Gasteiger partial charge in [-0.15, -0.1) is 0 Å². The van der Waals surface area contributed by atoms with Crippen LogP contribution in [0.2, 0.25) is 0 Å². The summed E-state index contributed by atoms with van der Waals surface area (Å²) in [5.74, 6) is -0.785. The Kier molecular flexibility index (Phi) is 5.04. The Morgan fingerprint density at radius 1 is 1.15 bits per heavy atom. The highest BCUT2D eigenvalue weighted by Gasteiger charge is 2.48. The molecule has 0 aliphatic carbocycles. The molecule has 1 aliphatic rings. The Morgan fingerprint density at radius 3 is 2.44 bits per heavy atom. The lowest BCUT2D eigenvalue weighted by atomic mass is 9.98. The second-order valence-corrected chi connectivity index (χ2v) is 7.53. The molecule has 0 radical (unpaired) electrons. The number of hydrogen-bond acceptors (Lipinski definition) is 5. The van der Waals surface area contributed by atoms with Crippen molar-refractivity contribution in [2.45, 2.75) is 12.4 Å². The summed E-state index contributed by atoms with van der Waals surface area (Å²) in [5, 5.41) is 0.464. The first kappa shape index (κ1) is 19.4. The van der Waals surface area contributed by atoms with Crippen molar-refractivity contribution in [3.8, 4) is 5.75 Å². The van der Waals surface area contributed by atoms with Gasteiger partial charge in [-0.2, -0.15) is 21.6 Å². The summed E-state index contributed by atoms with van der Waals surface area (Å²) in [6.07, 6.45) is 0. The summed E-state index contributed by atoms with van der Waals surface area (Å²) in [7, 11) is -5.82. The molecule has 2 aromatic rings. The van der Waals surface area contributed by atoms with Crippen LogP contribution in [0.4, 0.5) is 13.2 Å². The van der Waals surface area contributed by atoms with Gasteiger partial charge in [0.2, 0.25) is 0 Å². The molecule has 1 amide bonds. The van der Waals surface area contributed by atoms with Crippen LogP contribution in [0.1, 0.15) is 15.9 Å². The molecule has 10 heteroatoms. The molecule has 6 nitrogen and oxygen atoms in total. The highest BCUT2D eigenvalue weighted by molar-refractivity contribution is 7.88. The fraction of sp³-hybridized carbons (Fsp3) is 0.353. The molecule has 0 unspecified atom stereocenters. The Hall–Kier alpha value is -2.33. The monoisotopic (exact) mass is 403 g/mol. The van der Waals surface area contributed by atoms with Crippen molar-refractivity contribution in [2.24, 2.45) is 0 Å². The maximum atomic E-state index is 12.9. The molecule has 0 saturated carbocycles. The van der Waals surface area contributed by atoms with E-state index < -0.39 is 21.4 Å². The number of carbonyl (C=O) groups excluding carboxylic acids is 1. The van der Waals surface area contributed by atoms with E-state index in [1.807, 2.05) is 0 Å². The number of amides is 1. The lowest BCUT2D eigenvalue weighted by Crippen LogP contribution is -2.40. The molecule has 0 spiro atoms. The summed E-state index contributed by atoms with van der Waals surface area (Å²) in [5.41, 5.74) is -4.67. The van der Waals surface area contributed by atoms with E-state index in [0.29, 0.717) is 37.3 Å². The van der Waals surface area contributed by atoms with E-state index in [-0.39, 0.29) is 16.9 Å². The molecule has 146 valence electrons. The number of fused-ring (bicyclic) bond motifs is 1. The molecule has 1 heterocycles. The maximum absolute atomic E-state index is 12.9. The van der Waals surface area contributed by atoms with Crippen molar-refractivity contribution in [1.29, 1.82) is 0 Å². The Labute approximate surface area is 153 Å². The molecule has 0 aromatic heterocycles. The third-order valence-corrected chi connectivity index (χ3v) is 5.19. The summed E-state index contributed by atoms with van der Waals surface area (Å²) in [4.78, 5) is 14.4. The Balaban J connectivity index is 2.10. The third-order valence-electron chi connectivity index (χ3n) is 4.22. The van der Waals surface area contributed by atoms with Gasteiger partial charge in [-0.3, -0.25) is 4.79 Å². The lowest BCUT2D eigenvalue weighted by Gasteiger charge is -2.27. The first-order valence-corrected chi connectivity index (χ1v) is 9.43. The van der Waals surface area contributed by atoms with Crippen molar-refractivity contribution in [3.63, 3.8) is 0 Å². The standard InChI is InChI=1S/C17H16F3NO5S/c1-11-3-2-4-12-14(26-27(23,24)17(18,19)20)6-5-13(15(11)12)16(22)21-7-9-25-10-8-21/h2-6H,7-10H2,1H3. The predicted octanol–water partition coefficient (Wildman–Crippen LogP) is 2.85. The maximum Gasteiger partial charge on any atom is 0.534 e. The topological polar surface area (TPSA) is 72.9 Å². The van der Waals surface area contributed by atoms with Crippen LogP contribution in [0.3, 0.4) is 0 Å². The second-order valence-electron chi connectivity index (χ2n) is 6.00. The first-order chi connectivity index (χ1) is 12.6. The van der Waals surface area contributed by atoms with E-state index in [2.05, 4.69) is 4.18 Å². The van der Waals surface area contributed by atoms with Gasteiger partial charge in [-0.25, -0.2) is 0 Å². The highest BCUT2D eigenvalue weighted by Crippen LogP contribution is 2.35. The number of benzene rings is 2. The Morgan fingerprint density at radius 2 is 1.81 bits per heavy atom. The van der Waals surface area contributed by atoms with Gasteiger partial charge in [-0.05, 0) is 24.6 Å². The molecular formula is C17H16F3NO5S. The number of ether oxygens (including phenoxy) is 1. The van der Waals surface area contributed by atoms with Gasteiger partial charge in [0.05, 0.1) is 13.2 Å². The number of aryl methyl sites for hydroxylation is 1. The van der Waals surface area contributed by atoms with Crippen LogP contribution in [0.5, 0.6) is 5.75 Å². The minimum absolute atomic E-state index is 0.113. The van der Waals surface area contributed by atoms with Gasteiger partial charge in [0.1, 0.15) is 0 Å². The van der Waals surface area contributed by atoms with E-state index in [9.17, 15) is 26.4 Å². The molecule has 1 aliphatic heterocycles. The van der Waals surface area contributed by atoms with Crippen molar-refractivity contribution in [3.05, 3.63) is 41.5 Å². The summed E-state index contributed by atoms with van der Waals surface area (Å²) in [6.45, 7) is 3.27. The highest BCUT2D eigenvalue weighted by atomic mass is 32.2. The average molecular weight is 403 g/mol. The van der Waals surface area contributed by atoms with Gasteiger partial charge in [-0.1, -0.05) is 18.2 Å². The zero-order valence-electron chi connectivity index (χ0n) is 14.2. The SMILES string of the molecule is Cc1cccc2c(OS(=O)(=O)C(F)(F)F)ccc(C(=O)N3CCOCC3)c12.